The number of aromatic nitrogens is 3. The Balaban J connectivity index is 1.58. The number of benzene rings is 1. The topological polar surface area (TPSA) is 91.0 Å². The highest BCUT2D eigenvalue weighted by molar-refractivity contribution is 6.05. The quantitative estimate of drug-likeness (QED) is 0.744. The minimum atomic E-state index is -0.156. The van der Waals surface area contributed by atoms with Gasteiger partial charge in [0, 0.05) is 43.5 Å². The Labute approximate surface area is 138 Å². The van der Waals surface area contributed by atoms with Crippen molar-refractivity contribution >= 4 is 22.8 Å². The van der Waals surface area contributed by atoms with Crippen molar-refractivity contribution in [3.8, 4) is 0 Å². The van der Waals surface area contributed by atoms with E-state index in [1.807, 2.05) is 18.2 Å². The Kier molecular flexibility index (Phi) is 4.51. The summed E-state index contributed by atoms with van der Waals surface area (Å²) in [5.74, 6) is -0.304. The molecule has 24 heavy (non-hydrogen) atoms. The lowest BCUT2D eigenvalue weighted by molar-refractivity contribution is 0.0789. The molecule has 0 saturated carbocycles. The zero-order chi connectivity index (χ0) is 16.9. The summed E-state index contributed by atoms with van der Waals surface area (Å²) in [5.41, 5.74) is 1.74. The average molecular weight is 323 g/mol. The van der Waals surface area contributed by atoms with Crippen LogP contribution in [0.15, 0.2) is 49.1 Å². The molecule has 3 aromatic rings. The number of carbonyl (C=O) groups excluding carboxylic acids is 2. The Bertz CT molecular complexity index is 860. The Hall–Kier alpha value is -3.22. The van der Waals surface area contributed by atoms with Gasteiger partial charge in [0.15, 0.2) is 0 Å². The number of hydrogen-bond donors (Lipinski definition) is 2. The minimum Gasteiger partial charge on any atom is -0.350 e. The van der Waals surface area contributed by atoms with Crippen LogP contribution in [-0.4, -0.2) is 51.8 Å². The van der Waals surface area contributed by atoms with Crippen LogP contribution >= 0.6 is 0 Å². The van der Waals surface area contributed by atoms with Gasteiger partial charge in [-0.2, -0.15) is 0 Å². The number of nitrogens with zero attached hydrogens (tertiary/aromatic N) is 3. The summed E-state index contributed by atoms with van der Waals surface area (Å²) in [6.45, 7) is 0.770. The summed E-state index contributed by atoms with van der Waals surface area (Å²) in [4.78, 5) is 37.0. The van der Waals surface area contributed by atoms with E-state index in [4.69, 9.17) is 0 Å². The lowest BCUT2D eigenvalue weighted by atomic mass is 10.2. The van der Waals surface area contributed by atoms with E-state index in [9.17, 15) is 9.59 Å². The van der Waals surface area contributed by atoms with Crippen molar-refractivity contribution in [1.82, 2.24) is 25.2 Å². The molecule has 2 N–H and O–H groups in total. The first-order chi connectivity index (χ1) is 11.7. The van der Waals surface area contributed by atoms with Gasteiger partial charge in [-0.1, -0.05) is 18.2 Å². The van der Waals surface area contributed by atoms with E-state index < -0.39 is 0 Å². The molecule has 122 valence electrons. The van der Waals surface area contributed by atoms with E-state index in [0.29, 0.717) is 35.2 Å². The van der Waals surface area contributed by atoms with Crippen LogP contribution in [0.5, 0.6) is 0 Å². The normalized spacial score (nSPS) is 10.5. The highest BCUT2D eigenvalue weighted by atomic mass is 16.2. The second kappa shape index (κ2) is 6.91. The highest BCUT2D eigenvalue weighted by Crippen LogP contribution is 2.15. The molecular weight excluding hydrogens is 306 g/mol. The third-order valence-electron chi connectivity index (χ3n) is 3.70. The van der Waals surface area contributed by atoms with Gasteiger partial charge in [0.25, 0.3) is 11.8 Å². The monoisotopic (exact) mass is 323 g/mol. The summed E-state index contributed by atoms with van der Waals surface area (Å²) >= 11 is 0. The van der Waals surface area contributed by atoms with Gasteiger partial charge in [-0.15, -0.1) is 0 Å². The first kappa shape index (κ1) is 15.7. The molecule has 0 unspecified atom stereocenters. The summed E-state index contributed by atoms with van der Waals surface area (Å²) in [5, 5.41) is 3.48. The number of nitrogens with one attached hydrogen (secondary N) is 2. The van der Waals surface area contributed by atoms with Crippen molar-refractivity contribution in [2.45, 2.75) is 0 Å². The summed E-state index contributed by atoms with van der Waals surface area (Å²) in [6, 6.07) is 8.97. The molecule has 0 aliphatic heterocycles. The molecular formula is C17H17N5O2. The van der Waals surface area contributed by atoms with Crippen molar-refractivity contribution in [1.29, 1.82) is 0 Å². The first-order valence-electron chi connectivity index (χ1n) is 7.52. The number of likely N-dealkylation sites (N-methyl/N-ethyl adjacent to an activating group) is 1. The van der Waals surface area contributed by atoms with Gasteiger partial charge in [0.05, 0.1) is 5.56 Å². The number of hydrogen-bond acceptors (Lipinski definition) is 4. The van der Waals surface area contributed by atoms with Crippen LogP contribution in [0.1, 0.15) is 20.7 Å². The van der Waals surface area contributed by atoms with Crippen molar-refractivity contribution in [2.24, 2.45) is 0 Å². The zero-order valence-corrected chi connectivity index (χ0v) is 13.2. The highest BCUT2D eigenvalue weighted by Gasteiger charge is 2.17. The second-order valence-corrected chi connectivity index (χ2v) is 5.34. The average Bonchev–Trinajstić information content (AvgIpc) is 3.05. The maximum atomic E-state index is 12.5. The summed E-state index contributed by atoms with van der Waals surface area (Å²) in [6.07, 6.45) is 4.66. The van der Waals surface area contributed by atoms with E-state index in [1.165, 1.54) is 6.33 Å². The maximum Gasteiger partial charge on any atom is 0.255 e. The third kappa shape index (κ3) is 3.24. The van der Waals surface area contributed by atoms with E-state index in [2.05, 4.69) is 20.3 Å². The smallest absolute Gasteiger partial charge is 0.255 e. The molecule has 7 nitrogen and oxygen atoms in total. The van der Waals surface area contributed by atoms with E-state index in [0.717, 1.165) is 0 Å². The maximum absolute atomic E-state index is 12.5. The van der Waals surface area contributed by atoms with Crippen LogP contribution < -0.4 is 5.32 Å². The van der Waals surface area contributed by atoms with Crippen molar-refractivity contribution in [3.63, 3.8) is 0 Å². The van der Waals surface area contributed by atoms with Crippen LogP contribution in [0.2, 0.25) is 0 Å². The molecule has 1 aromatic carbocycles. The van der Waals surface area contributed by atoms with Gasteiger partial charge in [-0.25, -0.2) is 9.97 Å². The molecule has 0 atom stereocenters. The van der Waals surface area contributed by atoms with Crippen LogP contribution in [0.4, 0.5) is 0 Å². The largest absolute Gasteiger partial charge is 0.350 e. The van der Waals surface area contributed by atoms with Gasteiger partial charge in [-0.3, -0.25) is 9.59 Å². The first-order valence-corrected chi connectivity index (χ1v) is 7.52. The van der Waals surface area contributed by atoms with Crippen LogP contribution in [0, 0.1) is 0 Å². The van der Waals surface area contributed by atoms with Crippen molar-refractivity contribution < 1.29 is 9.59 Å². The lowest BCUT2D eigenvalue weighted by Crippen LogP contribution is -2.36. The minimum absolute atomic E-state index is 0.148. The molecule has 0 radical (unpaired) electrons. The van der Waals surface area contributed by atoms with Gasteiger partial charge in [0.2, 0.25) is 0 Å². The van der Waals surface area contributed by atoms with Crippen molar-refractivity contribution in [3.05, 3.63) is 60.2 Å². The number of carbonyl (C=O) groups is 2. The Morgan fingerprint density at radius 3 is 2.83 bits per heavy atom. The molecule has 2 aromatic heterocycles. The van der Waals surface area contributed by atoms with Crippen LogP contribution in [0.25, 0.3) is 11.0 Å². The number of aromatic amines is 1. The van der Waals surface area contributed by atoms with Gasteiger partial charge >= 0.3 is 0 Å². The molecule has 0 spiro atoms. The fourth-order valence-electron chi connectivity index (χ4n) is 2.37. The molecule has 0 bridgehead atoms. The van der Waals surface area contributed by atoms with E-state index >= 15 is 0 Å². The Morgan fingerprint density at radius 2 is 2.04 bits per heavy atom. The van der Waals surface area contributed by atoms with Gasteiger partial charge in [0.1, 0.15) is 12.0 Å². The Morgan fingerprint density at radius 1 is 1.25 bits per heavy atom. The van der Waals surface area contributed by atoms with E-state index in [1.54, 1.807) is 36.5 Å². The molecule has 7 heteroatoms. The molecule has 0 saturated heterocycles. The third-order valence-corrected chi connectivity index (χ3v) is 3.70. The fourth-order valence-corrected chi connectivity index (χ4v) is 2.37. The van der Waals surface area contributed by atoms with Gasteiger partial charge in [-0.05, 0) is 12.1 Å². The van der Waals surface area contributed by atoms with Gasteiger partial charge < -0.3 is 15.2 Å². The number of H-pyrrole nitrogens is 1. The predicted molar refractivity (Wildman–Crippen MR) is 89.6 cm³/mol. The molecule has 2 heterocycles. The van der Waals surface area contributed by atoms with Crippen LogP contribution in [-0.2, 0) is 0 Å². The molecule has 2 amide bonds. The fraction of sp³-hybridized carbons (Fsp3) is 0.176. The molecule has 0 aliphatic rings. The SMILES string of the molecule is CN(CCNC(=O)c1ccccc1)C(=O)c1c[nH]c2ncncc12. The summed E-state index contributed by atoms with van der Waals surface area (Å²) in [7, 11) is 1.69. The summed E-state index contributed by atoms with van der Waals surface area (Å²) < 4.78 is 0. The van der Waals surface area contributed by atoms with Crippen LogP contribution in [0.3, 0.4) is 0 Å². The number of rotatable bonds is 5. The molecule has 0 fully saturated rings. The second-order valence-electron chi connectivity index (χ2n) is 5.34. The zero-order valence-electron chi connectivity index (χ0n) is 13.2. The molecule has 3 rings (SSSR count). The number of amides is 2. The van der Waals surface area contributed by atoms with Crippen molar-refractivity contribution in [2.75, 3.05) is 20.1 Å². The lowest BCUT2D eigenvalue weighted by Gasteiger charge is -2.17. The standard InChI is InChI=1S/C17H17N5O2/c1-22(8-7-19-16(23)12-5-3-2-4-6-12)17(24)14-10-20-15-13(14)9-18-11-21-15/h2-6,9-11H,7-8H2,1H3,(H,19,23)(H,18,20,21). The number of fused-ring (bicyclic) bond motifs is 1. The van der Waals surface area contributed by atoms with E-state index in [-0.39, 0.29) is 11.8 Å². The molecule has 0 aliphatic carbocycles. The predicted octanol–water partition coefficient (Wildman–Crippen LogP) is 1.46.